The smallest absolute Gasteiger partial charge is 0.274 e. The van der Waals surface area contributed by atoms with Crippen molar-refractivity contribution in [3.05, 3.63) is 11.4 Å². The van der Waals surface area contributed by atoms with E-state index in [0.717, 1.165) is 18.5 Å². The van der Waals surface area contributed by atoms with Crippen LogP contribution in [0, 0.1) is 0 Å². The quantitative estimate of drug-likeness (QED) is 0.624. The van der Waals surface area contributed by atoms with Gasteiger partial charge in [0, 0.05) is 0 Å². The molecule has 0 aliphatic carbocycles. The summed E-state index contributed by atoms with van der Waals surface area (Å²) in [6.07, 6.45) is 1.01. The minimum atomic E-state index is -0.729. The summed E-state index contributed by atoms with van der Waals surface area (Å²) in [5, 5.41) is 19.0. The van der Waals surface area contributed by atoms with Crippen LogP contribution in [0.1, 0.15) is 50.3 Å². The van der Waals surface area contributed by atoms with Gasteiger partial charge in [-0.15, -0.1) is 0 Å². The second-order valence-corrected chi connectivity index (χ2v) is 5.07. The first-order chi connectivity index (χ1) is 8.29. The number of aliphatic hydroxyl groups excluding tert-OH is 1. The number of aliphatic hydroxyl groups is 1. The number of hydrogen-bond acceptors (Lipinski definition) is 4. The Morgan fingerprint density at radius 1 is 1.61 bits per heavy atom. The molecule has 1 atom stereocenters. The summed E-state index contributed by atoms with van der Waals surface area (Å²) in [6, 6.07) is 0. The summed E-state index contributed by atoms with van der Waals surface area (Å²) in [5.41, 5.74) is 6.49. The number of aromatic nitrogens is 2. The molecule has 1 heterocycles. The van der Waals surface area contributed by atoms with Crippen LogP contribution >= 0.6 is 0 Å². The lowest BCUT2D eigenvalue weighted by atomic mass is 9.98. The van der Waals surface area contributed by atoms with Crippen LogP contribution in [0.2, 0.25) is 0 Å². The van der Waals surface area contributed by atoms with Gasteiger partial charge in [0.25, 0.3) is 5.91 Å². The Bertz CT molecular complexity index is 424. The van der Waals surface area contributed by atoms with Crippen LogP contribution in [-0.4, -0.2) is 32.9 Å². The van der Waals surface area contributed by atoms with Crippen LogP contribution in [0.4, 0.5) is 5.69 Å². The molecule has 1 unspecified atom stereocenters. The molecule has 0 aliphatic heterocycles. The van der Waals surface area contributed by atoms with Crippen LogP contribution < -0.4 is 11.1 Å². The van der Waals surface area contributed by atoms with E-state index in [1.165, 1.54) is 0 Å². The van der Waals surface area contributed by atoms with Gasteiger partial charge in [-0.25, -0.2) is 0 Å². The Morgan fingerprint density at radius 2 is 2.22 bits per heavy atom. The van der Waals surface area contributed by atoms with Crippen LogP contribution in [0.25, 0.3) is 0 Å². The number of nitrogens with two attached hydrogens (primary N) is 1. The van der Waals surface area contributed by atoms with Gasteiger partial charge in [-0.2, -0.15) is 5.10 Å². The molecule has 1 aromatic heterocycles. The van der Waals surface area contributed by atoms with E-state index < -0.39 is 11.6 Å². The van der Waals surface area contributed by atoms with Crippen molar-refractivity contribution in [2.45, 2.75) is 52.2 Å². The molecular formula is C12H22N4O2. The Balaban J connectivity index is 2.85. The summed E-state index contributed by atoms with van der Waals surface area (Å²) in [4.78, 5) is 12.0. The maximum absolute atomic E-state index is 12.0. The molecule has 0 saturated carbocycles. The molecule has 0 spiro atoms. The largest absolute Gasteiger partial charge is 0.395 e. The average Bonchev–Trinajstić information content (AvgIpc) is 2.60. The van der Waals surface area contributed by atoms with Crippen molar-refractivity contribution in [1.29, 1.82) is 0 Å². The molecule has 1 rings (SSSR count). The SMILES string of the molecule is CCCc1[nH]nc(C(=O)NC(C)(C)C(C)O)c1N. The highest BCUT2D eigenvalue weighted by atomic mass is 16.3. The van der Waals surface area contributed by atoms with Gasteiger partial charge in [-0.05, 0) is 27.2 Å². The molecular weight excluding hydrogens is 232 g/mol. The van der Waals surface area contributed by atoms with E-state index in [-0.39, 0.29) is 11.6 Å². The van der Waals surface area contributed by atoms with Gasteiger partial charge in [0.1, 0.15) is 0 Å². The Labute approximate surface area is 107 Å². The molecule has 6 heteroatoms. The number of carbonyl (C=O) groups excluding carboxylic acids is 1. The van der Waals surface area contributed by atoms with Crippen LogP contribution in [-0.2, 0) is 6.42 Å². The van der Waals surface area contributed by atoms with Crippen LogP contribution in [0.3, 0.4) is 0 Å². The zero-order chi connectivity index (χ0) is 13.9. The predicted octanol–water partition coefficient (Wildman–Crippen LogP) is 0.834. The lowest BCUT2D eigenvalue weighted by Gasteiger charge is -2.28. The zero-order valence-electron chi connectivity index (χ0n) is 11.4. The molecule has 0 aliphatic rings. The van der Waals surface area contributed by atoms with E-state index in [2.05, 4.69) is 15.5 Å². The number of carbonyl (C=O) groups is 1. The first-order valence-corrected chi connectivity index (χ1v) is 6.12. The number of rotatable bonds is 5. The number of amides is 1. The summed E-state index contributed by atoms with van der Waals surface area (Å²) in [7, 11) is 0. The summed E-state index contributed by atoms with van der Waals surface area (Å²) < 4.78 is 0. The van der Waals surface area contributed by atoms with Gasteiger partial charge in [0.05, 0.1) is 23.0 Å². The fourth-order valence-electron chi connectivity index (χ4n) is 1.46. The number of nitrogens with one attached hydrogen (secondary N) is 2. The standard InChI is InChI=1S/C12H22N4O2/c1-5-6-8-9(13)10(16-15-8)11(18)14-12(3,4)7(2)17/h7,17H,5-6,13H2,1-4H3,(H,14,18)(H,15,16). The molecule has 1 amide bonds. The molecule has 0 radical (unpaired) electrons. The summed E-state index contributed by atoms with van der Waals surface area (Å²) >= 11 is 0. The van der Waals surface area contributed by atoms with Crippen molar-refractivity contribution in [2.75, 3.05) is 5.73 Å². The van der Waals surface area contributed by atoms with Gasteiger partial charge >= 0.3 is 0 Å². The molecule has 0 bridgehead atoms. The number of nitrogens with zero attached hydrogens (tertiary/aromatic N) is 1. The van der Waals surface area contributed by atoms with Crippen molar-refractivity contribution < 1.29 is 9.90 Å². The molecule has 0 aromatic carbocycles. The van der Waals surface area contributed by atoms with Crippen molar-refractivity contribution in [2.24, 2.45) is 0 Å². The number of nitrogen functional groups attached to an aromatic ring is 1. The molecule has 18 heavy (non-hydrogen) atoms. The third-order valence-corrected chi connectivity index (χ3v) is 3.08. The molecule has 5 N–H and O–H groups in total. The average molecular weight is 254 g/mol. The van der Waals surface area contributed by atoms with Crippen molar-refractivity contribution in [1.82, 2.24) is 15.5 Å². The first-order valence-electron chi connectivity index (χ1n) is 6.12. The van der Waals surface area contributed by atoms with E-state index in [0.29, 0.717) is 5.69 Å². The Morgan fingerprint density at radius 3 is 2.72 bits per heavy atom. The zero-order valence-corrected chi connectivity index (χ0v) is 11.4. The van der Waals surface area contributed by atoms with Crippen molar-refractivity contribution in [3.63, 3.8) is 0 Å². The number of H-pyrrole nitrogens is 1. The summed E-state index contributed by atoms with van der Waals surface area (Å²) in [6.45, 7) is 7.13. The van der Waals surface area contributed by atoms with Gasteiger partial charge < -0.3 is 16.2 Å². The lowest BCUT2D eigenvalue weighted by Crippen LogP contribution is -2.51. The third-order valence-electron chi connectivity index (χ3n) is 3.08. The number of hydrogen-bond donors (Lipinski definition) is 4. The van der Waals surface area contributed by atoms with Gasteiger partial charge in [-0.1, -0.05) is 13.3 Å². The monoisotopic (exact) mass is 254 g/mol. The Kier molecular flexibility index (Phi) is 4.34. The minimum absolute atomic E-state index is 0.187. The van der Waals surface area contributed by atoms with Gasteiger partial charge in [-0.3, -0.25) is 9.89 Å². The van der Waals surface area contributed by atoms with Crippen molar-refractivity contribution >= 4 is 11.6 Å². The molecule has 102 valence electrons. The maximum Gasteiger partial charge on any atom is 0.274 e. The molecule has 6 nitrogen and oxygen atoms in total. The third kappa shape index (κ3) is 3.01. The second kappa shape index (κ2) is 5.39. The molecule has 1 aromatic rings. The highest BCUT2D eigenvalue weighted by Gasteiger charge is 2.28. The van der Waals surface area contributed by atoms with E-state index >= 15 is 0 Å². The number of aromatic amines is 1. The second-order valence-electron chi connectivity index (χ2n) is 5.07. The van der Waals surface area contributed by atoms with E-state index in [1.54, 1.807) is 20.8 Å². The number of aryl methyl sites for hydroxylation is 1. The maximum atomic E-state index is 12.0. The normalized spacial score (nSPS) is 13.4. The predicted molar refractivity (Wildman–Crippen MR) is 70.2 cm³/mol. The fraction of sp³-hybridized carbons (Fsp3) is 0.667. The fourth-order valence-corrected chi connectivity index (χ4v) is 1.46. The first kappa shape index (κ1) is 14.5. The minimum Gasteiger partial charge on any atom is -0.395 e. The van der Waals surface area contributed by atoms with E-state index in [9.17, 15) is 9.90 Å². The van der Waals surface area contributed by atoms with Crippen LogP contribution in [0.5, 0.6) is 0 Å². The van der Waals surface area contributed by atoms with E-state index in [4.69, 9.17) is 5.73 Å². The topological polar surface area (TPSA) is 104 Å². The highest BCUT2D eigenvalue weighted by Crippen LogP contribution is 2.17. The van der Waals surface area contributed by atoms with Gasteiger partial charge in [0.2, 0.25) is 0 Å². The van der Waals surface area contributed by atoms with E-state index in [1.807, 2.05) is 6.92 Å². The van der Waals surface area contributed by atoms with Gasteiger partial charge in [0.15, 0.2) is 5.69 Å². The van der Waals surface area contributed by atoms with Crippen LogP contribution in [0.15, 0.2) is 0 Å². The lowest BCUT2D eigenvalue weighted by molar-refractivity contribution is 0.0706. The number of anilines is 1. The highest BCUT2D eigenvalue weighted by molar-refractivity contribution is 5.98. The summed E-state index contributed by atoms with van der Waals surface area (Å²) in [5.74, 6) is -0.378. The molecule has 0 saturated heterocycles. The Hall–Kier alpha value is -1.56. The molecule has 0 fully saturated rings. The van der Waals surface area contributed by atoms with Crippen molar-refractivity contribution in [3.8, 4) is 0 Å².